The third-order valence-electron chi connectivity index (χ3n) is 5.31. The molecule has 0 aromatic heterocycles. The van der Waals surface area contributed by atoms with Crippen LogP contribution < -0.4 is 5.32 Å². The van der Waals surface area contributed by atoms with Gasteiger partial charge in [0.25, 0.3) is 0 Å². The van der Waals surface area contributed by atoms with Crippen LogP contribution in [0, 0.1) is 6.92 Å². The number of sulfonamides is 1. The van der Waals surface area contributed by atoms with Crippen LogP contribution in [-0.2, 0) is 21.4 Å². The summed E-state index contributed by atoms with van der Waals surface area (Å²) >= 11 is 1.53. The predicted octanol–water partition coefficient (Wildman–Crippen LogP) is 5.98. The molecule has 0 bridgehead atoms. The van der Waals surface area contributed by atoms with E-state index in [1.54, 1.807) is 24.3 Å². The number of amides is 1. The van der Waals surface area contributed by atoms with Gasteiger partial charge < -0.3 is 5.32 Å². The Morgan fingerprint density at radius 3 is 2.09 bits per heavy atom. The number of hydrogen-bond acceptors (Lipinski definition) is 4. The Morgan fingerprint density at radius 2 is 1.40 bits per heavy atom. The van der Waals surface area contributed by atoms with E-state index in [1.165, 1.54) is 16.1 Å². The number of nitrogens with zero attached hydrogens (tertiary/aromatic N) is 1. The Balaban J connectivity index is 1.57. The van der Waals surface area contributed by atoms with Gasteiger partial charge in [-0.05, 0) is 48.9 Å². The van der Waals surface area contributed by atoms with Gasteiger partial charge in [0.15, 0.2) is 0 Å². The van der Waals surface area contributed by atoms with Crippen molar-refractivity contribution < 1.29 is 13.2 Å². The van der Waals surface area contributed by atoms with Gasteiger partial charge in [-0.15, -0.1) is 0 Å². The number of nitrogens with one attached hydrogen (secondary N) is 1. The van der Waals surface area contributed by atoms with E-state index >= 15 is 0 Å². The van der Waals surface area contributed by atoms with Gasteiger partial charge >= 0.3 is 0 Å². The Labute approximate surface area is 210 Å². The maximum atomic E-state index is 13.5. The number of aryl methyl sites for hydroxylation is 1. The van der Waals surface area contributed by atoms with E-state index in [1.807, 2.05) is 91.9 Å². The second kappa shape index (κ2) is 11.4. The molecule has 35 heavy (non-hydrogen) atoms. The molecule has 4 aromatic rings. The van der Waals surface area contributed by atoms with E-state index in [-0.39, 0.29) is 18.0 Å². The summed E-state index contributed by atoms with van der Waals surface area (Å²) in [4.78, 5) is 15.2. The van der Waals surface area contributed by atoms with Gasteiger partial charge in [-0.3, -0.25) is 4.79 Å². The minimum Gasteiger partial charge on any atom is -0.324 e. The number of para-hydroxylation sites is 1. The topological polar surface area (TPSA) is 66.5 Å². The molecule has 1 amide bonds. The molecule has 0 saturated heterocycles. The first kappa shape index (κ1) is 24.7. The molecule has 0 spiro atoms. The Bertz CT molecular complexity index is 1370. The maximum absolute atomic E-state index is 13.5. The van der Waals surface area contributed by atoms with Crippen LogP contribution in [0.15, 0.2) is 124 Å². The van der Waals surface area contributed by atoms with Crippen molar-refractivity contribution in [2.75, 3.05) is 11.9 Å². The lowest BCUT2D eigenvalue weighted by atomic mass is 10.2. The van der Waals surface area contributed by atoms with Crippen LogP contribution in [0.4, 0.5) is 5.69 Å². The Kier molecular flexibility index (Phi) is 8.02. The molecule has 0 heterocycles. The zero-order valence-corrected chi connectivity index (χ0v) is 20.9. The summed E-state index contributed by atoms with van der Waals surface area (Å²) in [6.45, 7) is 1.68. The molecule has 0 saturated carbocycles. The fraction of sp³-hybridized carbons (Fsp3) is 0.107. The molecule has 0 aliphatic heterocycles. The summed E-state index contributed by atoms with van der Waals surface area (Å²) in [6.07, 6.45) is 0. The summed E-state index contributed by atoms with van der Waals surface area (Å²) in [6, 6.07) is 33.3. The van der Waals surface area contributed by atoms with Gasteiger partial charge in [0.05, 0.1) is 17.1 Å². The lowest BCUT2D eigenvalue weighted by Gasteiger charge is -2.22. The lowest BCUT2D eigenvalue weighted by molar-refractivity contribution is -0.116. The van der Waals surface area contributed by atoms with E-state index in [0.29, 0.717) is 5.69 Å². The van der Waals surface area contributed by atoms with Gasteiger partial charge in [-0.2, -0.15) is 4.31 Å². The third kappa shape index (κ3) is 6.60. The number of benzene rings is 4. The molecule has 4 aromatic carbocycles. The number of anilines is 1. The first-order chi connectivity index (χ1) is 16.9. The molecule has 0 fully saturated rings. The molecule has 4 rings (SSSR count). The molecule has 7 heteroatoms. The van der Waals surface area contributed by atoms with Crippen molar-refractivity contribution in [3.8, 4) is 0 Å². The number of carbonyl (C=O) groups excluding carboxylic acids is 1. The molecule has 0 unspecified atom stereocenters. The van der Waals surface area contributed by atoms with E-state index in [0.717, 1.165) is 20.9 Å². The predicted molar refractivity (Wildman–Crippen MR) is 141 cm³/mol. The average Bonchev–Trinajstić information content (AvgIpc) is 2.86. The Morgan fingerprint density at radius 1 is 0.800 bits per heavy atom. The van der Waals surface area contributed by atoms with Crippen molar-refractivity contribution in [3.05, 3.63) is 120 Å². The van der Waals surface area contributed by atoms with Crippen molar-refractivity contribution in [2.24, 2.45) is 0 Å². The van der Waals surface area contributed by atoms with E-state index < -0.39 is 15.9 Å². The quantitative estimate of drug-likeness (QED) is 0.306. The van der Waals surface area contributed by atoms with Crippen molar-refractivity contribution in [3.63, 3.8) is 0 Å². The Hall–Kier alpha value is -3.39. The van der Waals surface area contributed by atoms with Gasteiger partial charge in [0.1, 0.15) is 0 Å². The van der Waals surface area contributed by atoms with E-state index in [9.17, 15) is 13.2 Å². The SMILES string of the molecule is Cc1ccc(S(=O)(=O)N(CC(=O)Nc2ccccc2Sc2ccccc2)Cc2ccccc2)cc1. The normalized spacial score (nSPS) is 11.4. The summed E-state index contributed by atoms with van der Waals surface area (Å²) in [5.74, 6) is -0.405. The van der Waals surface area contributed by atoms with Crippen molar-refractivity contribution in [2.45, 2.75) is 28.2 Å². The molecular formula is C28H26N2O3S2. The van der Waals surface area contributed by atoms with Crippen LogP contribution >= 0.6 is 11.8 Å². The number of rotatable bonds is 9. The molecule has 0 aliphatic rings. The summed E-state index contributed by atoms with van der Waals surface area (Å²) in [5.41, 5.74) is 2.40. The largest absolute Gasteiger partial charge is 0.324 e. The fourth-order valence-electron chi connectivity index (χ4n) is 3.50. The summed E-state index contributed by atoms with van der Waals surface area (Å²) in [5, 5.41) is 2.91. The van der Waals surface area contributed by atoms with Gasteiger partial charge in [0, 0.05) is 16.3 Å². The van der Waals surface area contributed by atoms with Crippen LogP contribution in [-0.4, -0.2) is 25.2 Å². The highest BCUT2D eigenvalue weighted by Crippen LogP contribution is 2.33. The molecular weight excluding hydrogens is 476 g/mol. The highest BCUT2D eigenvalue weighted by atomic mass is 32.2. The van der Waals surface area contributed by atoms with E-state index in [2.05, 4.69) is 5.32 Å². The van der Waals surface area contributed by atoms with Gasteiger partial charge in [-0.25, -0.2) is 8.42 Å². The second-order valence-corrected chi connectivity index (χ2v) is 11.1. The zero-order valence-electron chi connectivity index (χ0n) is 19.3. The number of carbonyl (C=O) groups is 1. The lowest BCUT2D eigenvalue weighted by Crippen LogP contribution is -2.37. The molecule has 5 nitrogen and oxygen atoms in total. The van der Waals surface area contributed by atoms with Crippen LogP contribution in [0.2, 0.25) is 0 Å². The highest BCUT2D eigenvalue weighted by molar-refractivity contribution is 7.99. The molecule has 178 valence electrons. The molecule has 0 atom stereocenters. The van der Waals surface area contributed by atoms with Gasteiger partial charge in [-0.1, -0.05) is 90.1 Å². The van der Waals surface area contributed by atoms with Crippen molar-refractivity contribution >= 4 is 33.4 Å². The maximum Gasteiger partial charge on any atom is 0.243 e. The van der Waals surface area contributed by atoms with Gasteiger partial charge in [0.2, 0.25) is 15.9 Å². The smallest absolute Gasteiger partial charge is 0.243 e. The molecule has 0 radical (unpaired) electrons. The first-order valence-corrected chi connectivity index (χ1v) is 13.4. The van der Waals surface area contributed by atoms with Crippen LogP contribution in [0.1, 0.15) is 11.1 Å². The number of hydrogen-bond donors (Lipinski definition) is 1. The van der Waals surface area contributed by atoms with Crippen LogP contribution in [0.25, 0.3) is 0 Å². The summed E-state index contributed by atoms with van der Waals surface area (Å²) < 4.78 is 28.2. The minimum atomic E-state index is -3.89. The minimum absolute atomic E-state index is 0.0882. The average molecular weight is 503 g/mol. The third-order valence-corrected chi connectivity index (χ3v) is 8.20. The molecule has 0 aliphatic carbocycles. The standard InChI is InChI=1S/C28H26N2O3S2/c1-22-16-18-25(19-17-22)35(32,33)30(20-23-10-4-2-5-11-23)21-28(31)29-26-14-8-9-15-27(26)34-24-12-6-3-7-13-24/h2-19H,20-21H2,1H3,(H,29,31). The highest BCUT2D eigenvalue weighted by Gasteiger charge is 2.27. The van der Waals surface area contributed by atoms with Crippen LogP contribution in [0.5, 0.6) is 0 Å². The van der Waals surface area contributed by atoms with E-state index in [4.69, 9.17) is 0 Å². The van der Waals surface area contributed by atoms with Crippen molar-refractivity contribution in [1.82, 2.24) is 4.31 Å². The van der Waals surface area contributed by atoms with Crippen molar-refractivity contribution in [1.29, 1.82) is 0 Å². The zero-order chi connectivity index (χ0) is 24.7. The monoisotopic (exact) mass is 502 g/mol. The summed E-state index contributed by atoms with van der Waals surface area (Å²) in [7, 11) is -3.89. The van der Waals surface area contributed by atoms with Crippen LogP contribution in [0.3, 0.4) is 0 Å². The fourth-order valence-corrected chi connectivity index (χ4v) is 5.80. The molecule has 1 N–H and O–H groups in total. The second-order valence-electron chi connectivity index (χ2n) is 8.03. The first-order valence-electron chi connectivity index (χ1n) is 11.1.